The molecule has 1 amide bonds. The summed E-state index contributed by atoms with van der Waals surface area (Å²) < 4.78 is 5.38. The van der Waals surface area contributed by atoms with E-state index in [9.17, 15) is 14.9 Å². The van der Waals surface area contributed by atoms with Crippen LogP contribution in [0, 0.1) is 10.1 Å². The van der Waals surface area contributed by atoms with E-state index in [1.807, 2.05) is 0 Å². The van der Waals surface area contributed by atoms with Crippen LogP contribution in [0.4, 0.5) is 5.69 Å². The minimum atomic E-state index is -0.466. The molecule has 156 valence electrons. The zero-order valence-corrected chi connectivity index (χ0v) is 17.0. The quantitative estimate of drug-likeness (QED) is 0.318. The SMILES string of the molecule is O=C1C(Cc2cccc([N+](=O)[O-])c2)S/C(=N/N=C/c2ccncc2)N1Cc1ccco1. The molecule has 1 unspecified atom stereocenters. The number of hydrogen-bond acceptors (Lipinski definition) is 8. The lowest BCUT2D eigenvalue weighted by Gasteiger charge is -2.14. The van der Waals surface area contributed by atoms with Crippen molar-refractivity contribution in [1.29, 1.82) is 0 Å². The Bertz CT molecular complexity index is 1130. The summed E-state index contributed by atoms with van der Waals surface area (Å²) in [6.07, 6.45) is 6.77. The van der Waals surface area contributed by atoms with Crippen LogP contribution in [0.25, 0.3) is 0 Å². The summed E-state index contributed by atoms with van der Waals surface area (Å²) in [5.74, 6) is 0.474. The van der Waals surface area contributed by atoms with Gasteiger partial charge in [0.15, 0.2) is 5.17 Å². The first kappa shape index (κ1) is 20.5. The van der Waals surface area contributed by atoms with Crippen molar-refractivity contribution in [2.24, 2.45) is 10.2 Å². The molecule has 0 bridgehead atoms. The van der Waals surface area contributed by atoms with E-state index in [0.29, 0.717) is 22.9 Å². The lowest BCUT2D eigenvalue weighted by atomic mass is 10.1. The predicted molar refractivity (Wildman–Crippen MR) is 117 cm³/mol. The van der Waals surface area contributed by atoms with Gasteiger partial charge in [0.05, 0.1) is 29.2 Å². The Labute approximate surface area is 181 Å². The minimum absolute atomic E-state index is 0.00349. The fourth-order valence-corrected chi connectivity index (χ4v) is 4.16. The lowest BCUT2D eigenvalue weighted by molar-refractivity contribution is -0.384. The molecular formula is C21H17N5O4S. The smallest absolute Gasteiger partial charge is 0.269 e. The van der Waals surface area contributed by atoms with Crippen LogP contribution in [0.2, 0.25) is 0 Å². The van der Waals surface area contributed by atoms with Crippen molar-refractivity contribution in [3.8, 4) is 0 Å². The summed E-state index contributed by atoms with van der Waals surface area (Å²) in [4.78, 5) is 29.2. The van der Waals surface area contributed by atoms with Crippen LogP contribution in [0.1, 0.15) is 16.9 Å². The molecule has 0 spiro atoms. The summed E-state index contributed by atoms with van der Waals surface area (Å²) in [6, 6.07) is 13.4. The van der Waals surface area contributed by atoms with Crippen molar-refractivity contribution in [3.63, 3.8) is 0 Å². The van der Waals surface area contributed by atoms with E-state index in [1.165, 1.54) is 28.8 Å². The predicted octanol–water partition coefficient (Wildman–Crippen LogP) is 3.66. The molecule has 0 N–H and O–H groups in total. The van der Waals surface area contributed by atoms with Gasteiger partial charge in [-0.3, -0.25) is 24.8 Å². The number of benzene rings is 1. The first-order valence-corrected chi connectivity index (χ1v) is 10.2. The van der Waals surface area contributed by atoms with E-state index in [2.05, 4.69) is 15.2 Å². The molecule has 0 saturated carbocycles. The number of amidine groups is 1. The highest BCUT2D eigenvalue weighted by Gasteiger charge is 2.38. The van der Waals surface area contributed by atoms with Crippen molar-refractivity contribution in [2.45, 2.75) is 18.2 Å². The average molecular weight is 435 g/mol. The Morgan fingerprint density at radius 3 is 2.81 bits per heavy atom. The molecule has 9 nitrogen and oxygen atoms in total. The fraction of sp³-hybridized carbons (Fsp3) is 0.143. The van der Waals surface area contributed by atoms with E-state index >= 15 is 0 Å². The van der Waals surface area contributed by atoms with Crippen LogP contribution < -0.4 is 0 Å². The lowest BCUT2D eigenvalue weighted by Crippen LogP contribution is -2.32. The van der Waals surface area contributed by atoms with Gasteiger partial charge < -0.3 is 4.42 Å². The number of hydrogen-bond donors (Lipinski definition) is 0. The van der Waals surface area contributed by atoms with Crippen molar-refractivity contribution >= 4 is 34.7 Å². The standard InChI is InChI=1S/C21H17N5O4S/c27-20-19(12-16-3-1-4-17(11-16)26(28)29)31-21(25(20)14-18-5-2-10-30-18)24-23-13-15-6-8-22-9-7-15/h1-11,13,19H,12,14H2/b23-13+,24-21+. The molecule has 1 aliphatic heterocycles. The van der Waals surface area contributed by atoms with Gasteiger partial charge in [0.1, 0.15) is 5.76 Å². The van der Waals surface area contributed by atoms with E-state index in [1.54, 1.807) is 61.3 Å². The molecule has 0 aliphatic carbocycles. The molecule has 3 heterocycles. The second-order valence-corrected chi connectivity index (χ2v) is 7.82. The second kappa shape index (κ2) is 9.35. The number of nitrogens with zero attached hydrogens (tertiary/aromatic N) is 5. The van der Waals surface area contributed by atoms with Crippen LogP contribution >= 0.6 is 11.8 Å². The van der Waals surface area contributed by atoms with Crippen molar-refractivity contribution in [3.05, 3.63) is 94.2 Å². The Hall–Kier alpha value is -3.79. The molecule has 3 aromatic rings. The number of rotatable bonds is 7. The van der Waals surface area contributed by atoms with Crippen molar-refractivity contribution in [1.82, 2.24) is 9.88 Å². The summed E-state index contributed by atoms with van der Waals surface area (Å²) >= 11 is 1.28. The van der Waals surface area contributed by atoms with Crippen LogP contribution in [-0.4, -0.2) is 37.3 Å². The van der Waals surface area contributed by atoms with Crippen LogP contribution in [0.3, 0.4) is 0 Å². The molecule has 1 fully saturated rings. The topological polar surface area (TPSA) is 114 Å². The van der Waals surface area contributed by atoms with Gasteiger partial charge >= 0.3 is 0 Å². The molecule has 0 radical (unpaired) electrons. The monoisotopic (exact) mass is 435 g/mol. The Morgan fingerprint density at radius 1 is 1.23 bits per heavy atom. The van der Waals surface area contributed by atoms with Gasteiger partial charge in [0, 0.05) is 24.5 Å². The summed E-state index contributed by atoms with van der Waals surface area (Å²) in [6.45, 7) is 0.230. The fourth-order valence-electron chi connectivity index (χ4n) is 3.03. The zero-order chi connectivity index (χ0) is 21.6. The highest BCUT2D eigenvalue weighted by Crippen LogP contribution is 2.32. The average Bonchev–Trinajstić information content (AvgIpc) is 3.39. The van der Waals surface area contributed by atoms with E-state index in [-0.39, 0.29) is 18.1 Å². The van der Waals surface area contributed by atoms with E-state index < -0.39 is 10.2 Å². The number of carbonyl (C=O) groups excluding carboxylic acids is 1. The molecule has 1 aliphatic rings. The van der Waals surface area contributed by atoms with Crippen LogP contribution in [0.5, 0.6) is 0 Å². The number of non-ortho nitro benzene ring substituents is 1. The molecular weight excluding hydrogens is 418 g/mol. The number of nitro groups is 1. The third kappa shape index (κ3) is 5.04. The van der Waals surface area contributed by atoms with Crippen LogP contribution in [-0.2, 0) is 17.8 Å². The van der Waals surface area contributed by atoms with E-state index in [4.69, 9.17) is 4.42 Å². The van der Waals surface area contributed by atoms with Crippen molar-refractivity contribution in [2.75, 3.05) is 0 Å². The number of pyridine rings is 1. The largest absolute Gasteiger partial charge is 0.467 e. The number of thioether (sulfide) groups is 1. The van der Waals surface area contributed by atoms with Gasteiger partial charge in [-0.05, 0) is 41.8 Å². The molecule has 1 saturated heterocycles. The maximum absolute atomic E-state index is 13.1. The summed E-state index contributed by atoms with van der Waals surface area (Å²) in [7, 11) is 0. The second-order valence-electron chi connectivity index (χ2n) is 6.65. The number of aromatic nitrogens is 1. The highest BCUT2D eigenvalue weighted by atomic mass is 32.2. The van der Waals surface area contributed by atoms with Gasteiger partial charge in [-0.1, -0.05) is 23.9 Å². The van der Waals surface area contributed by atoms with E-state index in [0.717, 1.165) is 5.56 Å². The number of amides is 1. The van der Waals surface area contributed by atoms with Gasteiger partial charge in [-0.15, -0.1) is 5.10 Å². The molecule has 2 aromatic heterocycles. The third-order valence-electron chi connectivity index (χ3n) is 4.51. The number of furan rings is 1. The summed E-state index contributed by atoms with van der Waals surface area (Å²) in [5.41, 5.74) is 1.54. The maximum Gasteiger partial charge on any atom is 0.269 e. The zero-order valence-electron chi connectivity index (χ0n) is 16.2. The molecule has 31 heavy (non-hydrogen) atoms. The molecule has 1 atom stereocenters. The number of nitro benzene ring substituents is 1. The van der Waals surface area contributed by atoms with Gasteiger partial charge in [-0.25, -0.2) is 0 Å². The van der Waals surface area contributed by atoms with Crippen molar-refractivity contribution < 1.29 is 14.1 Å². The first-order valence-electron chi connectivity index (χ1n) is 9.35. The van der Waals surface area contributed by atoms with Crippen LogP contribution in [0.15, 0.2) is 81.8 Å². The van der Waals surface area contributed by atoms with Gasteiger partial charge in [0.2, 0.25) is 5.91 Å². The van der Waals surface area contributed by atoms with Gasteiger partial charge in [0.25, 0.3) is 5.69 Å². The summed E-state index contributed by atoms with van der Waals surface area (Å²) in [5, 5.41) is 19.4. The maximum atomic E-state index is 13.1. The Balaban J connectivity index is 1.56. The first-order chi connectivity index (χ1) is 15.1. The Morgan fingerprint density at radius 2 is 2.06 bits per heavy atom. The molecule has 4 rings (SSSR count). The molecule has 10 heteroatoms. The highest BCUT2D eigenvalue weighted by molar-refractivity contribution is 8.15. The third-order valence-corrected chi connectivity index (χ3v) is 5.68. The number of carbonyl (C=O) groups is 1. The molecule has 1 aromatic carbocycles. The normalized spacial score (nSPS) is 17.7. The van der Waals surface area contributed by atoms with Gasteiger partial charge in [-0.2, -0.15) is 5.10 Å². The Kier molecular flexibility index (Phi) is 6.18. The minimum Gasteiger partial charge on any atom is -0.467 e.